The molecule has 0 saturated heterocycles. The van der Waals surface area contributed by atoms with Crippen molar-refractivity contribution in [2.24, 2.45) is 0 Å². The maximum atomic E-state index is 11.5. The fourth-order valence-corrected chi connectivity index (χ4v) is 1.02. The van der Waals surface area contributed by atoms with E-state index >= 15 is 0 Å². The van der Waals surface area contributed by atoms with Crippen molar-refractivity contribution >= 4 is 0 Å². The summed E-state index contributed by atoms with van der Waals surface area (Å²) in [5.74, 6) is 0. The van der Waals surface area contributed by atoms with E-state index in [0.717, 1.165) is 0 Å². The van der Waals surface area contributed by atoms with Crippen molar-refractivity contribution in [1.82, 2.24) is 15.0 Å². The van der Waals surface area contributed by atoms with Crippen LogP contribution in [0, 0.1) is 0 Å². The van der Waals surface area contributed by atoms with Crippen LogP contribution in [-0.4, -0.2) is 15.0 Å². The molecule has 12 heavy (non-hydrogen) atoms. The zero-order valence-electron chi connectivity index (χ0n) is 8.01. The van der Waals surface area contributed by atoms with Crippen LogP contribution in [0.25, 0.3) is 0 Å². The molecule has 1 N–H and O–H groups in total. The summed E-state index contributed by atoms with van der Waals surface area (Å²) in [5.41, 5.74) is 0.382. The summed E-state index contributed by atoms with van der Waals surface area (Å²) < 4.78 is 1.55. The first kappa shape index (κ1) is 9.03. The molecule has 0 unspecified atom stereocenters. The second-order valence-corrected chi connectivity index (χ2v) is 3.82. The Kier molecular flexibility index (Phi) is 2.08. The monoisotopic (exact) mass is 169 g/mol. The molecule has 0 bridgehead atoms. The molecule has 0 aliphatic heterocycles. The Bertz CT molecular complexity index is 316. The van der Waals surface area contributed by atoms with Gasteiger partial charge in [0.25, 0.3) is 5.56 Å². The van der Waals surface area contributed by atoms with Gasteiger partial charge in [0, 0.05) is 0 Å². The van der Waals surface area contributed by atoms with Gasteiger partial charge in [0.2, 0.25) is 0 Å². The van der Waals surface area contributed by atoms with E-state index in [-0.39, 0.29) is 11.1 Å². The summed E-state index contributed by atoms with van der Waals surface area (Å²) in [6, 6.07) is 0. The van der Waals surface area contributed by atoms with Gasteiger partial charge in [0.1, 0.15) is 5.69 Å². The van der Waals surface area contributed by atoms with Crippen LogP contribution in [-0.2, 0) is 12.0 Å². The summed E-state index contributed by atoms with van der Waals surface area (Å²) in [7, 11) is 0. The van der Waals surface area contributed by atoms with Crippen molar-refractivity contribution in [3.8, 4) is 0 Å². The zero-order chi connectivity index (χ0) is 9.35. The van der Waals surface area contributed by atoms with Gasteiger partial charge in [-0.1, -0.05) is 6.92 Å². The van der Waals surface area contributed by atoms with Crippen molar-refractivity contribution in [2.45, 2.75) is 39.7 Å². The van der Waals surface area contributed by atoms with Gasteiger partial charge in [0.05, 0.1) is 5.54 Å². The predicted molar refractivity (Wildman–Crippen MR) is 47.2 cm³/mol. The summed E-state index contributed by atoms with van der Waals surface area (Å²) in [6.07, 6.45) is 0.679. The molecule has 0 radical (unpaired) electrons. The molecular weight excluding hydrogens is 154 g/mol. The quantitative estimate of drug-likeness (QED) is 0.678. The first-order chi connectivity index (χ1) is 5.46. The number of nitrogens with one attached hydrogen (secondary N) is 1. The Labute approximate surface area is 71.6 Å². The number of aromatic nitrogens is 3. The Morgan fingerprint density at radius 1 is 1.50 bits per heavy atom. The Hall–Kier alpha value is -1.06. The van der Waals surface area contributed by atoms with Gasteiger partial charge in [-0.15, -0.1) is 0 Å². The van der Waals surface area contributed by atoms with E-state index in [0.29, 0.717) is 12.1 Å². The van der Waals surface area contributed by atoms with E-state index in [1.165, 1.54) is 0 Å². The SMILES string of the molecule is CCc1n[nH]n(C(C)(C)C)c1=O. The molecule has 4 heteroatoms. The molecule has 1 aromatic heterocycles. The minimum absolute atomic E-state index is 0.00926. The highest BCUT2D eigenvalue weighted by Gasteiger charge is 2.17. The van der Waals surface area contributed by atoms with Crippen LogP contribution in [0.2, 0.25) is 0 Å². The van der Waals surface area contributed by atoms with Gasteiger partial charge in [-0.3, -0.25) is 4.79 Å². The van der Waals surface area contributed by atoms with Crippen molar-refractivity contribution in [1.29, 1.82) is 0 Å². The van der Waals surface area contributed by atoms with Crippen molar-refractivity contribution < 1.29 is 0 Å². The van der Waals surface area contributed by atoms with Gasteiger partial charge in [0.15, 0.2) is 0 Å². The molecule has 0 fully saturated rings. The molecule has 0 aromatic carbocycles. The van der Waals surface area contributed by atoms with Gasteiger partial charge in [-0.05, 0) is 27.2 Å². The lowest BCUT2D eigenvalue weighted by Crippen LogP contribution is -2.33. The van der Waals surface area contributed by atoms with Gasteiger partial charge in [-0.2, -0.15) is 5.10 Å². The van der Waals surface area contributed by atoms with Crippen LogP contribution in [0.1, 0.15) is 33.4 Å². The third kappa shape index (κ3) is 1.42. The van der Waals surface area contributed by atoms with Gasteiger partial charge >= 0.3 is 0 Å². The van der Waals surface area contributed by atoms with E-state index < -0.39 is 0 Å². The number of hydrogen-bond acceptors (Lipinski definition) is 2. The highest BCUT2D eigenvalue weighted by molar-refractivity contribution is 4.94. The van der Waals surface area contributed by atoms with Crippen LogP contribution in [0.4, 0.5) is 0 Å². The Morgan fingerprint density at radius 3 is 2.33 bits per heavy atom. The molecule has 0 amide bonds. The Morgan fingerprint density at radius 2 is 2.08 bits per heavy atom. The molecule has 0 saturated carbocycles. The molecule has 4 nitrogen and oxygen atoms in total. The van der Waals surface area contributed by atoms with Crippen molar-refractivity contribution in [3.63, 3.8) is 0 Å². The van der Waals surface area contributed by atoms with E-state index in [1.807, 2.05) is 27.7 Å². The van der Waals surface area contributed by atoms with Crippen LogP contribution < -0.4 is 5.56 Å². The second kappa shape index (κ2) is 2.77. The number of nitrogens with zero attached hydrogens (tertiary/aromatic N) is 2. The normalized spacial score (nSPS) is 12.0. The molecule has 0 spiro atoms. The fourth-order valence-electron chi connectivity index (χ4n) is 1.02. The molecule has 0 aliphatic rings. The number of hydrogen-bond donors (Lipinski definition) is 1. The first-order valence-electron chi connectivity index (χ1n) is 4.13. The lowest BCUT2D eigenvalue weighted by molar-refractivity contribution is 0.337. The Balaban J connectivity index is 3.21. The average molecular weight is 169 g/mol. The first-order valence-corrected chi connectivity index (χ1v) is 4.13. The topological polar surface area (TPSA) is 50.7 Å². The molecule has 1 aromatic rings. The largest absolute Gasteiger partial charge is 0.290 e. The fraction of sp³-hybridized carbons (Fsp3) is 0.750. The smallest absolute Gasteiger partial charge is 0.266 e. The van der Waals surface area contributed by atoms with E-state index in [4.69, 9.17) is 0 Å². The maximum Gasteiger partial charge on any atom is 0.290 e. The summed E-state index contributed by atoms with van der Waals surface area (Å²) >= 11 is 0. The zero-order valence-corrected chi connectivity index (χ0v) is 8.01. The third-order valence-corrected chi connectivity index (χ3v) is 1.74. The molecule has 0 aliphatic carbocycles. The van der Waals surface area contributed by atoms with Crippen LogP contribution in [0.15, 0.2) is 4.79 Å². The van der Waals surface area contributed by atoms with Crippen molar-refractivity contribution in [3.05, 3.63) is 16.0 Å². The summed E-state index contributed by atoms with van der Waals surface area (Å²) in [6.45, 7) is 7.81. The lowest BCUT2D eigenvalue weighted by atomic mass is 10.1. The molecule has 1 heterocycles. The summed E-state index contributed by atoms with van der Waals surface area (Å²) in [4.78, 5) is 11.5. The lowest BCUT2D eigenvalue weighted by Gasteiger charge is -2.17. The van der Waals surface area contributed by atoms with E-state index in [1.54, 1.807) is 4.68 Å². The number of aromatic amines is 1. The van der Waals surface area contributed by atoms with Gasteiger partial charge in [-0.25, -0.2) is 9.90 Å². The molecular formula is C8H15N3O. The van der Waals surface area contributed by atoms with Crippen molar-refractivity contribution in [2.75, 3.05) is 0 Å². The molecule has 1 rings (SSSR count). The maximum absolute atomic E-state index is 11.5. The van der Waals surface area contributed by atoms with Gasteiger partial charge < -0.3 is 0 Å². The molecule has 0 atom stereocenters. The third-order valence-electron chi connectivity index (χ3n) is 1.74. The van der Waals surface area contributed by atoms with Crippen LogP contribution in [0.5, 0.6) is 0 Å². The number of H-pyrrole nitrogens is 1. The number of rotatable bonds is 1. The number of aryl methyl sites for hydroxylation is 1. The van der Waals surface area contributed by atoms with E-state index in [2.05, 4.69) is 10.3 Å². The highest BCUT2D eigenvalue weighted by Crippen LogP contribution is 2.07. The highest BCUT2D eigenvalue weighted by atomic mass is 16.1. The second-order valence-electron chi connectivity index (χ2n) is 3.82. The van der Waals surface area contributed by atoms with Crippen LogP contribution >= 0.6 is 0 Å². The van der Waals surface area contributed by atoms with Crippen LogP contribution in [0.3, 0.4) is 0 Å². The predicted octanol–water partition coefficient (Wildman–Crippen LogP) is 0.889. The standard InChI is InChI=1S/C8H15N3O/c1-5-6-7(12)11(10-9-6)8(2,3)4/h10H,5H2,1-4H3. The minimum Gasteiger partial charge on any atom is -0.266 e. The molecule has 68 valence electrons. The van der Waals surface area contributed by atoms with E-state index in [9.17, 15) is 4.79 Å². The minimum atomic E-state index is -0.211. The average Bonchev–Trinajstić information content (AvgIpc) is 2.29. The summed E-state index contributed by atoms with van der Waals surface area (Å²) in [5, 5.41) is 6.65.